The lowest BCUT2D eigenvalue weighted by molar-refractivity contribution is -0.129. The molecule has 0 saturated carbocycles. The second kappa shape index (κ2) is 6.22. The highest BCUT2D eigenvalue weighted by Crippen LogP contribution is 2.36. The smallest absolute Gasteiger partial charge is 0.267 e. The molecule has 0 radical (unpaired) electrons. The van der Waals surface area contributed by atoms with Gasteiger partial charge in [-0.05, 0) is 47.7 Å². The quantitative estimate of drug-likeness (QED) is 0.538. The van der Waals surface area contributed by atoms with E-state index in [1.807, 2.05) is 6.07 Å². The molecule has 2 aliphatic rings. The maximum absolute atomic E-state index is 12.7. The molecule has 2 aromatic carbocycles. The minimum atomic E-state index is -0.700. The van der Waals surface area contributed by atoms with Crippen LogP contribution >= 0.6 is 27.7 Å². The number of imide groups is 2. The van der Waals surface area contributed by atoms with Gasteiger partial charge < -0.3 is 0 Å². The molecule has 0 N–H and O–H groups in total. The number of hydrogen-bond acceptors (Lipinski definition) is 5. The fraction of sp³-hybridized carbons (Fsp3) is 0. The Kier molecular flexibility index (Phi) is 4.01. The summed E-state index contributed by atoms with van der Waals surface area (Å²) in [7, 11) is 0. The van der Waals surface area contributed by atoms with E-state index in [1.165, 1.54) is 12.1 Å². The van der Waals surface area contributed by atoms with Crippen LogP contribution in [0.1, 0.15) is 26.3 Å². The number of amides is 4. The zero-order valence-electron chi connectivity index (χ0n) is 13.0. The number of fused-ring (bicyclic) bond motifs is 1. The van der Waals surface area contributed by atoms with Crippen LogP contribution in [0.3, 0.4) is 0 Å². The first-order chi connectivity index (χ1) is 12.5. The van der Waals surface area contributed by atoms with Gasteiger partial charge in [-0.1, -0.05) is 40.2 Å². The first kappa shape index (κ1) is 16.7. The van der Waals surface area contributed by atoms with Crippen molar-refractivity contribution in [3.05, 3.63) is 74.6 Å². The van der Waals surface area contributed by atoms with E-state index in [0.29, 0.717) is 27.3 Å². The number of halogens is 1. The molecule has 0 atom stereocenters. The molecule has 0 unspecified atom stereocenters. The van der Waals surface area contributed by atoms with Crippen LogP contribution in [-0.2, 0) is 4.79 Å². The molecular weight excluding hydrogens is 420 g/mol. The Morgan fingerprint density at radius 3 is 2.08 bits per heavy atom. The van der Waals surface area contributed by atoms with Crippen molar-refractivity contribution in [2.45, 2.75) is 0 Å². The fourth-order valence-corrected chi connectivity index (χ4v) is 3.96. The van der Waals surface area contributed by atoms with Gasteiger partial charge in [-0.15, -0.1) is 0 Å². The van der Waals surface area contributed by atoms with Crippen LogP contribution in [-0.4, -0.2) is 33.0 Å². The van der Waals surface area contributed by atoms with E-state index in [0.717, 1.165) is 4.47 Å². The summed E-state index contributed by atoms with van der Waals surface area (Å²) in [5.74, 6) is -2.07. The molecule has 4 rings (SSSR count). The highest BCUT2D eigenvalue weighted by Gasteiger charge is 2.48. The largest absolute Gasteiger partial charge is 0.313 e. The summed E-state index contributed by atoms with van der Waals surface area (Å²) >= 11 is 4.03. The van der Waals surface area contributed by atoms with Crippen LogP contribution in [0, 0.1) is 0 Å². The van der Waals surface area contributed by atoms with Gasteiger partial charge in [-0.25, -0.2) is 0 Å². The molecular formula is C18H9BrN2O4S. The zero-order valence-corrected chi connectivity index (χ0v) is 15.4. The predicted molar refractivity (Wildman–Crippen MR) is 98.9 cm³/mol. The topological polar surface area (TPSA) is 74.8 Å². The van der Waals surface area contributed by atoms with Crippen molar-refractivity contribution in [2.75, 3.05) is 0 Å². The van der Waals surface area contributed by atoms with Gasteiger partial charge in [-0.3, -0.25) is 19.2 Å². The molecule has 0 bridgehead atoms. The monoisotopic (exact) mass is 428 g/mol. The van der Waals surface area contributed by atoms with Gasteiger partial charge in [0, 0.05) is 4.47 Å². The summed E-state index contributed by atoms with van der Waals surface area (Å²) in [6, 6.07) is 13.4. The number of rotatable bonds is 2. The van der Waals surface area contributed by atoms with Crippen LogP contribution < -0.4 is 0 Å². The Labute approximate surface area is 160 Å². The van der Waals surface area contributed by atoms with E-state index in [-0.39, 0.29) is 16.0 Å². The summed E-state index contributed by atoms with van der Waals surface area (Å²) in [5, 5.41) is 0.536. The lowest BCUT2D eigenvalue weighted by Gasteiger charge is -2.21. The molecule has 2 aromatic rings. The zero-order chi connectivity index (χ0) is 18.4. The lowest BCUT2D eigenvalue weighted by Crippen LogP contribution is -2.48. The molecule has 0 aliphatic carbocycles. The molecule has 2 aliphatic heterocycles. The van der Waals surface area contributed by atoms with Gasteiger partial charge in [0.1, 0.15) is 0 Å². The Bertz CT molecular complexity index is 998. The first-order valence-electron chi connectivity index (χ1n) is 7.48. The van der Waals surface area contributed by atoms with Gasteiger partial charge in [0.05, 0.1) is 16.0 Å². The lowest BCUT2D eigenvalue weighted by atomic mass is 10.1. The molecule has 0 spiro atoms. The SMILES string of the molecule is O=C1S/C(=C/c2cccc(Br)c2)C(=O)N1N1C(=O)c2ccccc2C1=O. The molecule has 1 saturated heterocycles. The van der Waals surface area contributed by atoms with Crippen molar-refractivity contribution >= 4 is 56.7 Å². The number of benzene rings is 2. The number of carbonyl (C=O) groups is 4. The van der Waals surface area contributed by atoms with Crippen LogP contribution in [0.5, 0.6) is 0 Å². The van der Waals surface area contributed by atoms with Gasteiger partial charge in [0.25, 0.3) is 17.7 Å². The number of hydrazine groups is 1. The van der Waals surface area contributed by atoms with Crippen molar-refractivity contribution in [3.63, 3.8) is 0 Å². The first-order valence-corrected chi connectivity index (χ1v) is 9.09. The summed E-state index contributed by atoms with van der Waals surface area (Å²) in [5.41, 5.74) is 1.06. The van der Waals surface area contributed by atoms with Crippen molar-refractivity contribution in [1.29, 1.82) is 0 Å². The van der Waals surface area contributed by atoms with E-state index in [2.05, 4.69) is 15.9 Å². The highest BCUT2D eigenvalue weighted by atomic mass is 79.9. The number of carbonyl (C=O) groups excluding carboxylic acids is 4. The Morgan fingerprint density at radius 1 is 0.808 bits per heavy atom. The van der Waals surface area contributed by atoms with Crippen LogP contribution in [0.2, 0.25) is 0 Å². The van der Waals surface area contributed by atoms with E-state index in [9.17, 15) is 19.2 Å². The molecule has 4 amide bonds. The van der Waals surface area contributed by atoms with Gasteiger partial charge in [0.15, 0.2) is 0 Å². The summed E-state index contributed by atoms with van der Waals surface area (Å²) in [4.78, 5) is 50.2. The third kappa shape index (κ3) is 2.58. The Hall–Kier alpha value is -2.71. The number of nitrogens with zero attached hydrogens (tertiary/aromatic N) is 2. The summed E-state index contributed by atoms with van der Waals surface area (Å²) < 4.78 is 0.825. The van der Waals surface area contributed by atoms with Crippen molar-refractivity contribution in [2.24, 2.45) is 0 Å². The minimum absolute atomic E-state index is 0.143. The summed E-state index contributed by atoms with van der Waals surface area (Å²) in [6.45, 7) is 0. The van der Waals surface area contributed by atoms with E-state index >= 15 is 0 Å². The fourth-order valence-electron chi connectivity index (χ4n) is 2.74. The second-order valence-electron chi connectivity index (χ2n) is 5.52. The van der Waals surface area contributed by atoms with E-state index in [4.69, 9.17) is 0 Å². The van der Waals surface area contributed by atoms with Crippen molar-refractivity contribution < 1.29 is 19.2 Å². The Morgan fingerprint density at radius 2 is 1.46 bits per heavy atom. The molecule has 0 aromatic heterocycles. The third-order valence-corrected chi connectivity index (χ3v) is 5.25. The van der Waals surface area contributed by atoms with Gasteiger partial charge in [0.2, 0.25) is 0 Å². The standard InChI is InChI=1S/C18H9BrN2O4S/c19-11-5-3-4-10(8-11)9-14-17(24)21(18(25)26-14)20-15(22)12-6-1-2-7-13(12)16(20)23/h1-9H/b14-9+. The third-order valence-electron chi connectivity index (χ3n) is 3.89. The maximum atomic E-state index is 12.7. The average molecular weight is 429 g/mol. The van der Waals surface area contributed by atoms with Gasteiger partial charge >= 0.3 is 5.24 Å². The molecule has 2 heterocycles. The molecule has 128 valence electrons. The Balaban J connectivity index is 1.69. The molecule has 8 heteroatoms. The maximum Gasteiger partial charge on any atom is 0.313 e. The molecule has 6 nitrogen and oxygen atoms in total. The molecule has 1 fully saturated rings. The normalized spacial score (nSPS) is 18.3. The average Bonchev–Trinajstić information content (AvgIpc) is 3.02. The van der Waals surface area contributed by atoms with Crippen molar-refractivity contribution in [3.8, 4) is 0 Å². The summed E-state index contributed by atoms with van der Waals surface area (Å²) in [6.07, 6.45) is 1.55. The van der Waals surface area contributed by atoms with Crippen molar-refractivity contribution in [1.82, 2.24) is 10.0 Å². The van der Waals surface area contributed by atoms with E-state index < -0.39 is 23.0 Å². The van der Waals surface area contributed by atoms with Crippen LogP contribution in [0.4, 0.5) is 4.79 Å². The minimum Gasteiger partial charge on any atom is -0.267 e. The molecule has 26 heavy (non-hydrogen) atoms. The van der Waals surface area contributed by atoms with Gasteiger partial charge in [-0.2, -0.15) is 10.0 Å². The second-order valence-corrected chi connectivity index (χ2v) is 7.43. The predicted octanol–water partition coefficient (Wildman–Crippen LogP) is 3.70. The highest BCUT2D eigenvalue weighted by molar-refractivity contribution is 9.10. The van der Waals surface area contributed by atoms with Crippen LogP contribution in [0.15, 0.2) is 57.9 Å². The van der Waals surface area contributed by atoms with E-state index in [1.54, 1.807) is 36.4 Å². The van der Waals surface area contributed by atoms with Crippen LogP contribution in [0.25, 0.3) is 6.08 Å². The number of hydrogen-bond donors (Lipinski definition) is 0. The number of thioether (sulfide) groups is 1.